The Hall–Kier alpha value is -2.69. The lowest BCUT2D eigenvalue weighted by Gasteiger charge is -2.07. The lowest BCUT2D eigenvalue weighted by Crippen LogP contribution is -2.33. The van der Waals surface area contributed by atoms with Crippen molar-refractivity contribution < 1.29 is 14.0 Å². The summed E-state index contributed by atoms with van der Waals surface area (Å²) in [6.07, 6.45) is 0.228. The molecule has 2 aromatic rings. The molecule has 2 amide bonds. The first-order valence-electron chi connectivity index (χ1n) is 6.90. The molecular weight excluding hydrogens is 283 g/mol. The van der Waals surface area contributed by atoms with Gasteiger partial charge in [-0.05, 0) is 36.8 Å². The Labute approximate surface area is 128 Å². The van der Waals surface area contributed by atoms with Crippen molar-refractivity contribution in [3.8, 4) is 0 Å². The average molecular weight is 300 g/mol. The number of hydrogen-bond acceptors (Lipinski definition) is 2. The Morgan fingerprint density at radius 2 is 1.77 bits per heavy atom. The van der Waals surface area contributed by atoms with Gasteiger partial charge in [0.1, 0.15) is 5.82 Å². The molecule has 4 nitrogen and oxygen atoms in total. The second-order valence-electron chi connectivity index (χ2n) is 5.00. The van der Waals surface area contributed by atoms with E-state index in [1.54, 1.807) is 0 Å². The van der Waals surface area contributed by atoms with Crippen LogP contribution in [0.5, 0.6) is 0 Å². The highest BCUT2D eigenvalue weighted by molar-refractivity contribution is 5.94. The smallest absolute Gasteiger partial charge is 0.243 e. The summed E-state index contributed by atoms with van der Waals surface area (Å²) < 4.78 is 12.7. The Kier molecular flexibility index (Phi) is 5.25. The van der Waals surface area contributed by atoms with E-state index < -0.39 is 0 Å². The highest BCUT2D eigenvalue weighted by atomic mass is 19.1. The third kappa shape index (κ3) is 5.01. The molecule has 0 atom stereocenters. The summed E-state index contributed by atoms with van der Waals surface area (Å²) in [6.45, 7) is 1.83. The van der Waals surface area contributed by atoms with Crippen molar-refractivity contribution in [2.24, 2.45) is 0 Å². The van der Waals surface area contributed by atoms with Crippen LogP contribution in [0.1, 0.15) is 11.1 Å². The maximum atomic E-state index is 12.7. The fraction of sp³-hybridized carbons (Fsp3) is 0.176. The lowest BCUT2D eigenvalue weighted by atomic mass is 10.1. The van der Waals surface area contributed by atoms with E-state index in [0.717, 1.165) is 11.1 Å². The minimum atomic E-state index is -0.371. The van der Waals surface area contributed by atoms with Gasteiger partial charge in [0.05, 0.1) is 13.0 Å². The molecule has 0 spiro atoms. The molecule has 0 aliphatic heterocycles. The standard InChI is InChI=1S/C17H17FN2O2/c1-12-3-2-4-13(9-12)10-16(21)19-11-17(22)20-15-7-5-14(18)6-8-15/h2-9H,10-11H2,1H3,(H,19,21)(H,20,22). The van der Waals surface area contributed by atoms with Gasteiger partial charge in [-0.25, -0.2) is 4.39 Å². The first kappa shape index (κ1) is 15.7. The van der Waals surface area contributed by atoms with Gasteiger partial charge in [-0.1, -0.05) is 29.8 Å². The number of aryl methyl sites for hydroxylation is 1. The highest BCUT2D eigenvalue weighted by Crippen LogP contribution is 2.08. The fourth-order valence-electron chi connectivity index (χ4n) is 1.99. The Morgan fingerprint density at radius 1 is 1.05 bits per heavy atom. The Morgan fingerprint density at radius 3 is 2.45 bits per heavy atom. The number of carbonyl (C=O) groups excluding carboxylic acids is 2. The van der Waals surface area contributed by atoms with Gasteiger partial charge in [0, 0.05) is 5.69 Å². The van der Waals surface area contributed by atoms with E-state index in [0.29, 0.717) is 5.69 Å². The van der Waals surface area contributed by atoms with Crippen LogP contribution in [0.15, 0.2) is 48.5 Å². The zero-order valence-electron chi connectivity index (χ0n) is 12.2. The van der Waals surface area contributed by atoms with E-state index in [9.17, 15) is 14.0 Å². The molecule has 2 rings (SSSR count). The SMILES string of the molecule is Cc1cccc(CC(=O)NCC(=O)Nc2ccc(F)cc2)c1. The molecule has 0 radical (unpaired) electrons. The third-order valence-electron chi connectivity index (χ3n) is 3.02. The molecule has 0 aliphatic rings. The first-order valence-corrected chi connectivity index (χ1v) is 6.90. The summed E-state index contributed by atoms with van der Waals surface area (Å²) in [5.74, 6) is -0.950. The van der Waals surface area contributed by atoms with Crippen molar-refractivity contribution in [2.75, 3.05) is 11.9 Å². The van der Waals surface area contributed by atoms with Gasteiger partial charge in [0.15, 0.2) is 0 Å². The lowest BCUT2D eigenvalue weighted by molar-refractivity contribution is -0.123. The topological polar surface area (TPSA) is 58.2 Å². The zero-order valence-corrected chi connectivity index (χ0v) is 12.2. The van der Waals surface area contributed by atoms with Crippen molar-refractivity contribution in [3.63, 3.8) is 0 Å². The maximum Gasteiger partial charge on any atom is 0.243 e. The molecule has 0 fully saturated rings. The molecule has 5 heteroatoms. The van der Waals surface area contributed by atoms with Crippen molar-refractivity contribution in [2.45, 2.75) is 13.3 Å². The van der Waals surface area contributed by atoms with Crippen molar-refractivity contribution in [3.05, 3.63) is 65.5 Å². The van der Waals surface area contributed by atoms with Crippen LogP contribution in [0.2, 0.25) is 0 Å². The predicted molar refractivity (Wildman–Crippen MR) is 82.9 cm³/mol. The van der Waals surface area contributed by atoms with Gasteiger partial charge < -0.3 is 10.6 Å². The van der Waals surface area contributed by atoms with Crippen LogP contribution < -0.4 is 10.6 Å². The predicted octanol–water partition coefficient (Wildman–Crippen LogP) is 2.43. The molecule has 0 aromatic heterocycles. The van der Waals surface area contributed by atoms with E-state index in [1.165, 1.54) is 24.3 Å². The van der Waals surface area contributed by atoms with Crippen molar-refractivity contribution >= 4 is 17.5 Å². The number of halogens is 1. The highest BCUT2D eigenvalue weighted by Gasteiger charge is 2.07. The van der Waals surface area contributed by atoms with Crippen LogP contribution in [0.4, 0.5) is 10.1 Å². The molecule has 22 heavy (non-hydrogen) atoms. The third-order valence-corrected chi connectivity index (χ3v) is 3.02. The van der Waals surface area contributed by atoms with Crippen LogP contribution in [0.3, 0.4) is 0 Å². The van der Waals surface area contributed by atoms with E-state index in [2.05, 4.69) is 10.6 Å². The summed E-state index contributed by atoms with van der Waals surface area (Å²) in [4.78, 5) is 23.5. The molecule has 0 aliphatic carbocycles. The summed E-state index contributed by atoms with van der Waals surface area (Å²) in [5.41, 5.74) is 2.47. The minimum Gasteiger partial charge on any atom is -0.347 e. The van der Waals surface area contributed by atoms with Gasteiger partial charge in [-0.2, -0.15) is 0 Å². The summed E-state index contributed by atoms with van der Waals surface area (Å²) in [7, 11) is 0. The average Bonchev–Trinajstić information content (AvgIpc) is 2.48. The molecule has 0 unspecified atom stereocenters. The Balaban J connectivity index is 1.78. The van der Waals surface area contributed by atoms with Crippen LogP contribution >= 0.6 is 0 Å². The molecule has 2 aromatic carbocycles. The molecule has 114 valence electrons. The van der Waals surface area contributed by atoms with Crippen LogP contribution in [-0.4, -0.2) is 18.4 Å². The monoisotopic (exact) mass is 300 g/mol. The molecule has 0 saturated carbocycles. The largest absolute Gasteiger partial charge is 0.347 e. The number of hydrogen-bond donors (Lipinski definition) is 2. The van der Waals surface area contributed by atoms with E-state index in [-0.39, 0.29) is 30.6 Å². The zero-order chi connectivity index (χ0) is 15.9. The number of carbonyl (C=O) groups is 2. The second-order valence-corrected chi connectivity index (χ2v) is 5.00. The van der Waals surface area contributed by atoms with E-state index in [4.69, 9.17) is 0 Å². The molecule has 0 heterocycles. The number of anilines is 1. The van der Waals surface area contributed by atoms with E-state index >= 15 is 0 Å². The normalized spacial score (nSPS) is 10.1. The number of rotatable bonds is 5. The summed E-state index contributed by atoms with van der Waals surface area (Å²) in [6, 6.07) is 13.1. The van der Waals surface area contributed by atoms with Crippen molar-refractivity contribution in [1.29, 1.82) is 0 Å². The van der Waals surface area contributed by atoms with Gasteiger partial charge in [-0.15, -0.1) is 0 Å². The summed E-state index contributed by atoms with van der Waals surface area (Å²) in [5, 5.41) is 5.13. The number of nitrogens with one attached hydrogen (secondary N) is 2. The van der Waals surface area contributed by atoms with Crippen LogP contribution in [0.25, 0.3) is 0 Å². The maximum absolute atomic E-state index is 12.7. The first-order chi connectivity index (χ1) is 10.5. The van der Waals surface area contributed by atoms with Gasteiger partial charge >= 0.3 is 0 Å². The van der Waals surface area contributed by atoms with Gasteiger partial charge in [-0.3, -0.25) is 9.59 Å². The molecule has 0 bridgehead atoms. The van der Waals surface area contributed by atoms with Crippen molar-refractivity contribution in [1.82, 2.24) is 5.32 Å². The van der Waals surface area contributed by atoms with Gasteiger partial charge in [0.25, 0.3) is 0 Å². The molecular formula is C17H17FN2O2. The number of amides is 2. The molecule has 0 saturated heterocycles. The quantitative estimate of drug-likeness (QED) is 0.891. The fourth-order valence-corrected chi connectivity index (χ4v) is 1.99. The van der Waals surface area contributed by atoms with Crippen LogP contribution in [0, 0.1) is 12.7 Å². The second kappa shape index (κ2) is 7.36. The van der Waals surface area contributed by atoms with Crippen LogP contribution in [-0.2, 0) is 16.0 Å². The summed E-state index contributed by atoms with van der Waals surface area (Å²) >= 11 is 0. The minimum absolute atomic E-state index is 0.123. The van der Waals surface area contributed by atoms with Gasteiger partial charge in [0.2, 0.25) is 11.8 Å². The number of benzene rings is 2. The van der Waals surface area contributed by atoms with E-state index in [1.807, 2.05) is 31.2 Å². The molecule has 2 N–H and O–H groups in total. The Bertz CT molecular complexity index is 669.